The summed E-state index contributed by atoms with van der Waals surface area (Å²) in [7, 11) is 2.09. The molecule has 8 heteroatoms. The van der Waals surface area contributed by atoms with E-state index in [9.17, 15) is 9.90 Å². The molecule has 0 saturated carbocycles. The number of nitrogens with one attached hydrogen (secondary N) is 2. The van der Waals surface area contributed by atoms with Crippen LogP contribution in [0, 0.1) is 0 Å². The Hall–Kier alpha value is -1.77. The van der Waals surface area contributed by atoms with E-state index < -0.39 is 6.17 Å². The molecule has 26 heavy (non-hydrogen) atoms. The summed E-state index contributed by atoms with van der Waals surface area (Å²) >= 11 is 5.08. The lowest BCUT2D eigenvalue weighted by atomic mass is 10.0. The number of rotatable bonds is 3. The Morgan fingerprint density at radius 2 is 2.23 bits per heavy atom. The van der Waals surface area contributed by atoms with Crippen LogP contribution in [0.3, 0.4) is 0 Å². The van der Waals surface area contributed by atoms with Crippen molar-refractivity contribution >= 4 is 38.2 Å². The third kappa shape index (κ3) is 2.95. The number of nitrogens with zero attached hydrogens (tertiary/aromatic N) is 1. The number of likely N-dealkylation sites (N-methyl/N-ethyl adjacent to an activating group) is 1. The number of halogens is 1. The van der Waals surface area contributed by atoms with E-state index in [2.05, 4.69) is 38.5 Å². The summed E-state index contributed by atoms with van der Waals surface area (Å²) in [5.41, 5.74) is 2.49. The Kier molecular flexibility index (Phi) is 4.58. The highest BCUT2D eigenvalue weighted by Gasteiger charge is 2.34. The van der Waals surface area contributed by atoms with Gasteiger partial charge in [-0.1, -0.05) is 15.9 Å². The van der Waals surface area contributed by atoms with Gasteiger partial charge in [0.25, 0.3) is 5.91 Å². The standard InChI is InChI=1S/C18H20BrN3O3S/c1-3-25-12-7-9(19)6-11(15(12)23)16-20-17(24)14-10-4-5-22(2)8-13(10)26-18(14)21-16/h6-7,16,21,23H,3-5,8H2,1-2H3,(H,20,24). The quantitative estimate of drug-likeness (QED) is 0.685. The van der Waals surface area contributed by atoms with Crippen LogP contribution < -0.4 is 15.4 Å². The number of thiophene rings is 1. The Morgan fingerprint density at radius 3 is 3.00 bits per heavy atom. The van der Waals surface area contributed by atoms with Crippen LogP contribution in [0.25, 0.3) is 0 Å². The molecule has 2 aliphatic heterocycles. The average Bonchev–Trinajstić information content (AvgIpc) is 2.95. The van der Waals surface area contributed by atoms with Crippen LogP contribution in [0.5, 0.6) is 11.5 Å². The molecule has 4 rings (SSSR count). The topological polar surface area (TPSA) is 73.8 Å². The third-order valence-electron chi connectivity index (χ3n) is 4.71. The van der Waals surface area contributed by atoms with Crippen molar-refractivity contribution in [3.63, 3.8) is 0 Å². The highest BCUT2D eigenvalue weighted by molar-refractivity contribution is 9.10. The first-order chi connectivity index (χ1) is 12.5. The fourth-order valence-electron chi connectivity index (χ4n) is 3.48. The highest BCUT2D eigenvalue weighted by Crippen LogP contribution is 2.43. The predicted octanol–water partition coefficient (Wildman–Crippen LogP) is 3.46. The third-order valence-corrected chi connectivity index (χ3v) is 6.31. The Morgan fingerprint density at radius 1 is 1.42 bits per heavy atom. The molecule has 0 spiro atoms. The van der Waals surface area contributed by atoms with Crippen LogP contribution in [0.15, 0.2) is 16.6 Å². The van der Waals surface area contributed by atoms with Gasteiger partial charge in [-0.2, -0.15) is 0 Å². The fraction of sp³-hybridized carbons (Fsp3) is 0.389. The first-order valence-corrected chi connectivity index (χ1v) is 10.1. The molecule has 1 aromatic carbocycles. The molecule has 138 valence electrons. The van der Waals surface area contributed by atoms with E-state index in [1.54, 1.807) is 23.5 Å². The number of aromatic hydroxyl groups is 1. The first-order valence-electron chi connectivity index (χ1n) is 8.53. The van der Waals surface area contributed by atoms with Crippen molar-refractivity contribution in [2.75, 3.05) is 25.5 Å². The molecule has 1 atom stereocenters. The lowest BCUT2D eigenvalue weighted by Gasteiger charge is -2.28. The van der Waals surface area contributed by atoms with Gasteiger partial charge < -0.3 is 25.4 Å². The average molecular weight is 438 g/mol. The SMILES string of the molecule is CCOc1cc(Br)cc(C2NC(=O)c3c(sc4c3CCN(C)C4)N2)c1O. The van der Waals surface area contributed by atoms with Crippen molar-refractivity contribution in [1.82, 2.24) is 10.2 Å². The van der Waals surface area contributed by atoms with Gasteiger partial charge in [0.15, 0.2) is 11.5 Å². The number of carbonyl (C=O) groups is 1. The second-order valence-corrected chi connectivity index (χ2v) is 8.54. The second-order valence-electron chi connectivity index (χ2n) is 6.52. The number of amides is 1. The van der Waals surface area contributed by atoms with E-state index in [-0.39, 0.29) is 11.7 Å². The maximum Gasteiger partial charge on any atom is 0.256 e. The number of phenols is 1. The largest absolute Gasteiger partial charge is 0.504 e. The van der Waals surface area contributed by atoms with Gasteiger partial charge in [-0.15, -0.1) is 11.3 Å². The van der Waals surface area contributed by atoms with E-state index in [4.69, 9.17) is 4.74 Å². The molecule has 0 bridgehead atoms. The van der Waals surface area contributed by atoms with Crippen molar-refractivity contribution in [1.29, 1.82) is 0 Å². The zero-order valence-corrected chi connectivity index (χ0v) is 17.0. The van der Waals surface area contributed by atoms with Crippen molar-refractivity contribution in [2.45, 2.75) is 26.1 Å². The van der Waals surface area contributed by atoms with E-state index in [0.29, 0.717) is 17.9 Å². The molecule has 3 heterocycles. The van der Waals surface area contributed by atoms with Crippen molar-refractivity contribution in [2.24, 2.45) is 0 Å². The minimum Gasteiger partial charge on any atom is -0.504 e. The van der Waals surface area contributed by atoms with E-state index in [0.717, 1.165) is 40.1 Å². The Labute approximate surface area is 164 Å². The molecule has 6 nitrogen and oxygen atoms in total. The molecule has 1 unspecified atom stereocenters. The monoisotopic (exact) mass is 437 g/mol. The van der Waals surface area contributed by atoms with Crippen molar-refractivity contribution in [3.05, 3.63) is 38.2 Å². The predicted molar refractivity (Wildman–Crippen MR) is 105 cm³/mol. The van der Waals surface area contributed by atoms with Gasteiger partial charge in [0.1, 0.15) is 11.2 Å². The van der Waals surface area contributed by atoms with E-state index in [1.165, 1.54) is 4.88 Å². The van der Waals surface area contributed by atoms with Gasteiger partial charge in [0, 0.05) is 28.0 Å². The van der Waals surface area contributed by atoms with Crippen LogP contribution in [-0.4, -0.2) is 36.1 Å². The first kappa shape index (κ1) is 17.6. The summed E-state index contributed by atoms with van der Waals surface area (Å²) in [5, 5.41) is 17.8. The van der Waals surface area contributed by atoms with E-state index in [1.807, 2.05) is 6.92 Å². The normalized spacial score (nSPS) is 19.3. The number of ether oxygens (including phenoxy) is 1. The summed E-state index contributed by atoms with van der Waals surface area (Å²) in [6.45, 7) is 4.13. The summed E-state index contributed by atoms with van der Waals surface area (Å²) < 4.78 is 6.28. The summed E-state index contributed by atoms with van der Waals surface area (Å²) in [6.07, 6.45) is 0.373. The van der Waals surface area contributed by atoms with Gasteiger partial charge >= 0.3 is 0 Å². The maximum atomic E-state index is 12.8. The molecule has 0 aliphatic carbocycles. The molecular weight excluding hydrogens is 418 g/mol. The molecule has 2 aromatic rings. The molecule has 3 N–H and O–H groups in total. The van der Waals surface area contributed by atoms with Gasteiger partial charge in [0.2, 0.25) is 0 Å². The highest BCUT2D eigenvalue weighted by atomic mass is 79.9. The summed E-state index contributed by atoms with van der Waals surface area (Å²) in [6, 6.07) is 3.51. The number of hydrogen-bond donors (Lipinski definition) is 3. The summed E-state index contributed by atoms with van der Waals surface area (Å²) in [5.74, 6) is 0.339. The molecule has 0 fully saturated rings. The Balaban J connectivity index is 1.71. The van der Waals surface area contributed by atoms with Gasteiger partial charge in [-0.05, 0) is 38.1 Å². The fourth-order valence-corrected chi connectivity index (χ4v) is 5.29. The van der Waals surface area contributed by atoms with Crippen LogP contribution in [0.2, 0.25) is 0 Å². The molecule has 0 radical (unpaired) electrons. The van der Waals surface area contributed by atoms with Crippen LogP contribution in [0.4, 0.5) is 5.00 Å². The molecule has 1 aromatic heterocycles. The number of benzene rings is 1. The number of fused-ring (bicyclic) bond motifs is 3. The van der Waals surface area contributed by atoms with Crippen molar-refractivity contribution < 1.29 is 14.6 Å². The lowest BCUT2D eigenvalue weighted by Crippen LogP contribution is -2.38. The summed E-state index contributed by atoms with van der Waals surface area (Å²) in [4.78, 5) is 16.3. The maximum absolute atomic E-state index is 12.8. The van der Waals surface area contributed by atoms with Crippen LogP contribution in [0.1, 0.15) is 39.5 Å². The van der Waals surface area contributed by atoms with Gasteiger partial charge in [-0.3, -0.25) is 4.79 Å². The minimum absolute atomic E-state index is 0.0392. The number of anilines is 1. The van der Waals surface area contributed by atoms with Gasteiger partial charge in [-0.25, -0.2) is 0 Å². The molecular formula is C18H20BrN3O3S. The zero-order valence-electron chi connectivity index (χ0n) is 14.6. The second kappa shape index (κ2) is 6.75. The lowest BCUT2D eigenvalue weighted by molar-refractivity contribution is 0.0934. The number of phenolic OH excluding ortho intramolecular Hbond substituents is 1. The van der Waals surface area contributed by atoms with Gasteiger partial charge in [0.05, 0.1) is 12.2 Å². The van der Waals surface area contributed by atoms with Crippen LogP contribution >= 0.6 is 27.3 Å². The zero-order chi connectivity index (χ0) is 18.4. The Bertz CT molecular complexity index is 883. The van der Waals surface area contributed by atoms with E-state index >= 15 is 0 Å². The smallest absolute Gasteiger partial charge is 0.256 e. The number of carbonyl (C=O) groups excluding carboxylic acids is 1. The number of hydrogen-bond acceptors (Lipinski definition) is 6. The molecule has 0 saturated heterocycles. The van der Waals surface area contributed by atoms with Crippen LogP contribution in [-0.2, 0) is 13.0 Å². The van der Waals surface area contributed by atoms with Crippen molar-refractivity contribution in [3.8, 4) is 11.5 Å². The molecule has 1 amide bonds. The molecule has 2 aliphatic rings. The minimum atomic E-state index is -0.510.